The van der Waals surface area contributed by atoms with Gasteiger partial charge in [-0.05, 0) is 54.7 Å². The van der Waals surface area contributed by atoms with Crippen LogP contribution in [0.4, 0.5) is 0 Å². The average molecular weight is 321 g/mol. The van der Waals surface area contributed by atoms with Gasteiger partial charge in [-0.1, -0.05) is 36.4 Å². The van der Waals surface area contributed by atoms with Gasteiger partial charge in [0, 0.05) is 7.05 Å². The van der Waals surface area contributed by atoms with Gasteiger partial charge in [-0.15, -0.1) is 0 Å². The second kappa shape index (κ2) is 5.78. The topological polar surface area (TPSA) is 58.7 Å². The van der Waals surface area contributed by atoms with Gasteiger partial charge in [0.15, 0.2) is 5.96 Å². The van der Waals surface area contributed by atoms with E-state index in [1.54, 1.807) is 7.05 Å². The lowest BCUT2D eigenvalue weighted by Gasteiger charge is -2.33. The minimum absolute atomic E-state index is 0.0119. The number of amides is 1. The summed E-state index contributed by atoms with van der Waals surface area (Å²) >= 11 is 0. The van der Waals surface area contributed by atoms with Crippen molar-refractivity contribution in [3.05, 3.63) is 59.2 Å². The van der Waals surface area contributed by atoms with Crippen molar-refractivity contribution in [2.45, 2.75) is 32.7 Å². The molecule has 2 aromatic carbocycles. The molecule has 3 rings (SSSR count). The first-order valence-electron chi connectivity index (χ1n) is 8.11. The third-order valence-corrected chi connectivity index (χ3v) is 4.97. The van der Waals surface area contributed by atoms with Gasteiger partial charge >= 0.3 is 0 Å². The Labute approximate surface area is 143 Å². The molecular formula is C20H23N3O. The standard InChI is InChI=1S/C20H23N3O/c1-13-7-5-10-17(14(13)2)15-8-6-9-16(11-15)20(3)12-18(24)23(4)19(21)22-20/h5-11H,12H2,1-4H3,(H2,21,22). The highest BCUT2D eigenvalue weighted by atomic mass is 16.2. The van der Waals surface area contributed by atoms with E-state index in [1.807, 2.05) is 19.1 Å². The summed E-state index contributed by atoms with van der Waals surface area (Å²) in [7, 11) is 1.66. The summed E-state index contributed by atoms with van der Waals surface area (Å²) < 4.78 is 0. The highest BCUT2D eigenvalue weighted by Gasteiger charge is 2.36. The Balaban J connectivity index is 2.09. The fourth-order valence-electron chi connectivity index (χ4n) is 3.16. The molecule has 24 heavy (non-hydrogen) atoms. The number of nitrogens with zero attached hydrogens (tertiary/aromatic N) is 2. The van der Waals surface area contributed by atoms with Crippen LogP contribution >= 0.6 is 0 Å². The van der Waals surface area contributed by atoms with Crippen molar-refractivity contribution in [2.75, 3.05) is 7.05 Å². The number of carbonyl (C=O) groups excluding carboxylic acids is 1. The van der Waals surface area contributed by atoms with Crippen molar-refractivity contribution in [2.24, 2.45) is 10.7 Å². The van der Waals surface area contributed by atoms with E-state index in [2.05, 4.69) is 49.2 Å². The van der Waals surface area contributed by atoms with E-state index in [4.69, 9.17) is 5.73 Å². The number of carbonyl (C=O) groups is 1. The predicted octanol–water partition coefficient (Wildman–Crippen LogP) is 3.36. The first-order chi connectivity index (χ1) is 11.3. The summed E-state index contributed by atoms with van der Waals surface area (Å²) in [5.41, 5.74) is 11.2. The number of aliphatic imine (C=N–C) groups is 1. The zero-order chi connectivity index (χ0) is 17.5. The maximum atomic E-state index is 12.2. The van der Waals surface area contributed by atoms with Gasteiger partial charge in [-0.3, -0.25) is 9.69 Å². The predicted molar refractivity (Wildman–Crippen MR) is 97.7 cm³/mol. The maximum absolute atomic E-state index is 12.2. The largest absolute Gasteiger partial charge is 0.369 e. The van der Waals surface area contributed by atoms with E-state index < -0.39 is 5.54 Å². The molecule has 0 fully saturated rings. The third-order valence-electron chi connectivity index (χ3n) is 4.97. The molecule has 1 atom stereocenters. The summed E-state index contributed by atoms with van der Waals surface area (Å²) in [6, 6.07) is 14.6. The number of benzene rings is 2. The van der Waals surface area contributed by atoms with Crippen molar-refractivity contribution in [3.63, 3.8) is 0 Å². The smallest absolute Gasteiger partial charge is 0.231 e. The number of nitrogens with two attached hydrogens (primary N) is 1. The van der Waals surface area contributed by atoms with Crippen molar-refractivity contribution in [1.29, 1.82) is 0 Å². The fourth-order valence-corrected chi connectivity index (χ4v) is 3.16. The fraction of sp³-hybridized carbons (Fsp3) is 0.300. The normalized spacial score (nSPS) is 20.9. The van der Waals surface area contributed by atoms with Crippen LogP contribution in [0.25, 0.3) is 11.1 Å². The Morgan fingerprint density at radius 2 is 1.88 bits per heavy atom. The highest BCUT2D eigenvalue weighted by molar-refractivity contribution is 5.98. The van der Waals surface area contributed by atoms with Gasteiger partial charge in [0.05, 0.1) is 12.0 Å². The summed E-state index contributed by atoms with van der Waals surface area (Å²) in [4.78, 5) is 18.2. The number of aryl methyl sites for hydroxylation is 1. The van der Waals surface area contributed by atoms with Crippen LogP contribution in [0.3, 0.4) is 0 Å². The van der Waals surface area contributed by atoms with Gasteiger partial charge in [0.25, 0.3) is 0 Å². The first kappa shape index (κ1) is 16.2. The van der Waals surface area contributed by atoms with Crippen molar-refractivity contribution in [1.82, 2.24) is 4.90 Å². The van der Waals surface area contributed by atoms with Crippen LogP contribution in [0.1, 0.15) is 30.0 Å². The van der Waals surface area contributed by atoms with Crippen LogP contribution in [0.2, 0.25) is 0 Å². The molecular weight excluding hydrogens is 298 g/mol. The van der Waals surface area contributed by atoms with Crippen molar-refractivity contribution >= 4 is 11.9 Å². The average Bonchev–Trinajstić information content (AvgIpc) is 2.55. The number of guanidine groups is 1. The van der Waals surface area contributed by atoms with Gasteiger partial charge in [0.2, 0.25) is 5.91 Å². The van der Waals surface area contributed by atoms with E-state index in [-0.39, 0.29) is 11.9 Å². The third kappa shape index (κ3) is 2.68. The monoisotopic (exact) mass is 321 g/mol. The van der Waals surface area contributed by atoms with Gasteiger partial charge in [-0.25, -0.2) is 4.99 Å². The highest BCUT2D eigenvalue weighted by Crippen LogP contribution is 2.35. The van der Waals surface area contributed by atoms with Crippen molar-refractivity contribution in [3.8, 4) is 11.1 Å². The van der Waals surface area contributed by atoms with Gasteiger partial charge in [0.1, 0.15) is 0 Å². The molecule has 1 heterocycles. The zero-order valence-electron chi connectivity index (χ0n) is 14.6. The van der Waals surface area contributed by atoms with Gasteiger partial charge in [-0.2, -0.15) is 0 Å². The first-order valence-corrected chi connectivity index (χ1v) is 8.11. The molecule has 4 nitrogen and oxygen atoms in total. The Hall–Kier alpha value is -2.62. The summed E-state index contributed by atoms with van der Waals surface area (Å²) in [6.07, 6.45) is 0.320. The molecule has 0 aliphatic carbocycles. The van der Waals surface area contributed by atoms with E-state index in [9.17, 15) is 4.79 Å². The van der Waals surface area contributed by atoms with E-state index >= 15 is 0 Å². The molecule has 0 spiro atoms. The molecule has 0 radical (unpaired) electrons. The molecule has 4 heteroatoms. The van der Waals surface area contributed by atoms with Crippen LogP contribution in [-0.4, -0.2) is 23.8 Å². The maximum Gasteiger partial charge on any atom is 0.231 e. The second-order valence-corrected chi connectivity index (χ2v) is 6.70. The Morgan fingerprint density at radius 1 is 1.17 bits per heavy atom. The minimum atomic E-state index is -0.624. The molecule has 0 aromatic heterocycles. The van der Waals surface area contributed by atoms with E-state index in [0.29, 0.717) is 6.42 Å². The Morgan fingerprint density at radius 3 is 2.58 bits per heavy atom. The van der Waals surface area contributed by atoms with Crippen LogP contribution in [0.5, 0.6) is 0 Å². The lowest BCUT2D eigenvalue weighted by Crippen LogP contribution is -2.47. The van der Waals surface area contributed by atoms with Crippen LogP contribution in [0, 0.1) is 13.8 Å². The second-order valence-electron chi connectivity index (χ2n) is 6.70. The van der Waals surface area contributed by atoms with Crippen molar-refractivity contribution < 1.29 is 4.79 Å². The summed E-state index contributed by atoms with van der Waals surface area (Å²) in [6.45, 7) is 6.21. The molecule has 0 saturated carbocycles. The molecule has 1 unspecified atom stereocenters. The molecule has 1 aliphatic rings. The summed E-state index contributed by atoms with van der Waals surface area (Å²) in [5, 5.41) is 0. The zero-order valence-corrected chi connectivity index (χ0v) is 14.6. The van der Waals surface area contributed by atoms with E-state index in [1.165, 1.54) is 21.6 Å². The van der Waals surface area contributed by atoms with Crippen LogP contribution < -0.4 is 5.73 Å². The lowest BCUT2D eigenvalue weighted by molar-refractivity contribution is -0.128. The van der Waals surface area contributed by atoms with Gasteiger partial charge < -0.3 is 5.73 Å². The number of rotatable bonds is 2. The molecule has 2 N–H and O–H groups in total. The SMILES string of the molecule is Cc1cccc(-c2cccc(C3(C)CC(=O)N(C)C(N)=N3)c2)c1C. The molecule has 0 saturated heterocycles. The van der Waals surface area contributed by atoms with Crippen LogP contribution in [-0.2, 0) is 10.3 Å². The quantitative estimate of drug-likeness (QED) is 0.922. The Bertz CT molecular complexity index is 841. The number of hydrogen-bond acceptors (Lipinski definition) is 3. The number of hydrogen-bond donors (Lipinski definition) is 1. The van der Waals surface area contributed by atoms with E-state index in [0.717, 1.165) is 11.1 Å². The minimum Gasteiger partial charge on any atom is -0.369 e. The molecule has 2 aromatic rings. The molecule has 0 bridgehead atoms. The molecule has 1 aliphatic heterocycles. The Kier molecular flexibility index (Phi) is 3.91. The van der Waals surface area contributed by atoms with Crippen LogP contribution in [0.15, 0.2) is 47.5 Å². The lowest BCUT2D eigenvalue weighted by atomic mass is 9.85. The molecule has 1 amide bonds. The molecule has 124 valence electrons. The summed E-state index contributed by atoms with van der Waals surface area (Å²) in [5.74, 6) is 0.257.